The van der Waals surface area contributed by atoms with E-state index in [-0.39, 0.29) is 18.0 Å². The highest BCUT2D eigenvalue weighted by atomic mass is 16.6. The number of aryl methyl sites for hydroxylation is 2. The summed E-state index contributed by atoms with van der Waals surface area (Å²) in [6.45, 7) is 11.8. The van der Waals surface area contributed by atoms with E-state index in [0.717, 1.165) is 18.4 Å². The van der Waals surface area contributed by atoms with Crippen molar-refractivity contribution in [2.75, 3.05) is 19.7 Å². The van der Waals surface area contributed by atoms with Crippen LogP contribution in [0.2, 0.25) is 0 Å². The maximum atomic E-state index is 12.5. The molecule has 5 nitrogen and oxygen atoms in total. The minimum atomic E-state index is -0.256. The van der Waals surface area contributed by atoms with Gasteiger partial charge in [-0.25, -0.2) is 4.79 Å². The van der Waals surface area contributed by atoms with Gasteiger partial charge in [-0.1, -0.05) is 6.07 Å². The third-order valence-electron chi connectivity index (χ3n) is 5.24. The van der Waals surface area contributed by atoms with Gasteiger partial charge in [0.25, 0.3) is 0 Å². The van der Waals surface area contributed by atoms with Crippen molar-refractivity contribution in [3.63, 3.8) is 0 Å². The van der Waals surface area contributed by atoms with Gasteiger partial charge < -0.3 is 15.0 Å². The number of nitrogens with zero attached hydrogens (tertiary/aromatic N) is 1. The Kier molecular flexibility index (Phi) is 6.45. The predicted molar refractivity (Wildman–Crippen MR) is 98.9 cm³/mol. The molecule has 2 rings (SSSR count). The van der Waals surface area contributed by atoms with Gasteiger partial charge in [0, 0.05) is 19.1 Å². The Morgan fingerprint density at radius 1 is 1.12 bits per heavy atom. The summed E-state index contributed by atoms with van der Waals surface area (Å²) in [7, 11) is 0. The molecule has 5 heteroatoms. The molecule has 1 fully saturated rings. The van der Waals surface area contributed by atoms with Crippen LogP contribution in [0.1, 0.15) is 47.6 Å². The van der Waals surface area contributed by atoms with Crippen LogP contribution in [0.3, 0.4) is 0 Å². The standard InChI is InChI=1S/C20H30N2O3/c1-6-25-20(24)22-9-7-17(8-10-22)21-19(23)12-18-15(4)13(2)11-14(3)16(18)5/h11,17H,6-10,12H2,1-5H3,(H,21,23). The van der Waals surface area contributed by atoms with Crippen molar-refractivity contribution in [3.05, 3.63) is 33.9 Å². The summed E-state index contributed by atoms with van der Waals surface area (Å²) in [5.41, 5.74) is 6.01. The fourth-order valence-electron chi connectivity index (χ4n) is 3.42. The molecule has 0 radical (unpaired) electrons. The van der Waals surface area contributed by atoms with E-state index in [0.29, 0.717) is 26.1 Å². The van der Waals surface area contributed by atoms with Crippen molar-refractivity contribution in [1.82, 2.24) is 10.2 Å². The summed E-state index contributed by atoms with van der Waals surface area (Å²) >= 11 is 0. The summed E-state index contributed by atoms with van der Waals surface area (Å²) in [5, 5.41) is 3.13. The van der Waals surface area contributed by atoms with Gasteiger partial charge in [0.1, 0.15) is 0 Å². The number of carbonyl (C=O) groups excluding carboxylic acids is 2. The molecule has 0 spiro atoms. The average molecular weight is 346 g/mol. The van der Waals surface area contributed by atoms with Gasteiger partial charge in [0.15, 0.2) is 0 Å². The Bertz CT molecular complexity index is 621. The molecule has 0 aliphatic carbocycles. The molecule has 138 valence electrons. The maximum Gasteiger partial charge on any atom is 0.409 e. The first-order valence-corrected chi connectivity index (χ1v) is 9.10. The van der Waals surface area contributed by atoms with Crippen molar-refractivity contribution in [2.45, 2.75) is 59.9 Å². The van der Waals surface area contributed by atoms with E-state index in [1.165, 1.54) is 22.3 Å². The van der Waals surface area contributed by atoms with Crippen molar-refractivity contribution in [1.29, 1.82) is 0 Å². The maximum absolute atomic E-state index is 12.5. The first-order chi connectivity index (χ1) is 11.8. The molecule has 1 aliphatic rings. The summed E-state index contributed by atoms with van der Waals surface area (Å²) in [6.07, 6.45) is 1.71. The van der Waals surface area contributed by atoms with E-state index in [4.69, 9.17) is 4.74 Å². The van der Waals surface area contributed by atoms with Crippen LogP contribution < -0.4 is 5.32 Å². The highest BCUT2D eigenvalue weighted by molar-refractivity contribution is 5.80. The number of amides is 2. The lowest BCUT2D eigenvalue weighted by molar-refractivity contribution is -0.121. The van der Waals surface area contributed by atoms with Gasteiger partial charge in [-0.15, -0.1) is 0 Å². The Morgan fingerprint density at radius 3 is 2.20 bits per heavy atom. The lowest BCUT2D eigenvalue weighted by atomic mass is 9.92. The van der Waals surface area contributed by atoms with Crippen LogP contribution in [0.5, 0.6) is 0 Å². The average Bonchev–Trinajstić information content (AvgIpc) is 2.58. The molecule has 0 bridgehead atoms. The molecule has 1 aromatic rings. The highest BCUT2D eigenvalue weighted by Crippen LogP contribution is 2.22. The highest BCUT2D eigenvalue weighted by Gasteiger charge is 2.24. The third-order valence-corrected chi connectivity index (χ3v) is 5.24. The van der Waals surface area contributed by atoms with Crippen LogP contribution in [0.25, 0.3) is 0 Å². The van der Waals surface area contributed by atoms with E-state index in [1.807, 2.05) is 6.92 Å². The van der Waals surface area contributed by atoms with Crippen LogP contribution >= 0.6 is 0 Å². The van der Waals surface area contributed by atoms with Crippen LogP contribution in [-0.4, -0.2) is 42.6 Å². The van der Waals surface area contributed by atoms with Crippen LogP contribution in [0, 0.1) is 27.7 Å². The van der Waals surface area contributed by atoms with E-state index in [2.05, 4.69) is 39.1 Å². The number of likely N-dealkylation sites (tertiary alicyclic amines) is 1. The predicted octanol–water partition coefficient (Wildman–Crippen LogP) is 3.20. The smallest absolute Gasteiger partial charge is 0.409 e. The number of nitrogens with one attached hydrogen (secondary N) is 1. The van der Waals surface area contributed by atoms with Gasteiger partial charge >= 0.3 is 6.09 Å². The van der Waals surface area contributed by atoms with Crippen molar-refractivity contribution >= 4 is 12.0 Å². The second-order valence-corrected chi connectivity index (χ2v) is 6.94. The largest absolute Gasteiger partial charge is 0.450 e. The van der Waals surface area contributed by atoms with Gasteiger partial charge in [0.2, 0.25) is 5.91 Å². The van der Waals surface area contributed by atoms with E-state index >= 15 is 0 Å². The van der Waals surface area contributed by atoms with Crippen molar-refractivity contribution in [2.24, 2.45) is 0 Å². The van der Waals surface area contributed by atoms with Crippen molar-refractivity contribution < 1.29 is 14.3 Å². The fraction of sp³-hybridized carbons (Fsp3) is 0.600. The van der Waals surface area contributed by atoms with Gasteiger partial charge in [0.05, 0.1) is 13.0 Å². The molecule has 25 heavy (non-hydrogen) atoms. The van der Waals surface area contributed by atoms with E-state index in [1.54, 1.807) is 4.90 Å². The second kappa shape index (κ2) is 8.37. The third kappa shape index (κ3) is 4.74. The Balaban J connectivity index is 1.91. The number of benzene rings is 1. The molecular weight excluding hydrogens is 316 g/mol. The molecule has 1 heterocycles. The number of carbonyl (C=O) groups is 2. The zero-order valence-corrected chi connectivity index (χ0v) is 16.1. The Labute approximate surface area is 150 Å². The first kappa shape index (κ1) is 19.3. The molecule has 1 aromatic carbocycles. The van der Waals surface area contributed by atoms with Crippen LogP contribution in [0.4, 0.5) is 4.79 Å². The zero-order valence-electron chi connectivity index (χ0n) is 16.1. The van der Waals surface area contributed by atoms with Crippen molar-refractivity contribution in [3.8, 4) is 0 Å². The second-order valence-electron chi connectivity index (χ2n) is 6.94. The Hall–Kier alpha value is -2.04. The Morgan fingerprint density at radius 2 is 1.68 bits per heavy atom. The fourth-order valence-corrected chi connectivity index (χ4v) is 3.42. The van der Waals surface area contributed by atoms with E-state index in [9.17, 15) is 9.59 Å². The van der Waals surface area contributed by atoms with E-state index < -0.39 is 0 Å². The zero-order chi connectivity index (χ0) is 18.6. The number of hydrogen-bond donors (Lipinski definition) is 1. The topological polar surface area (TPSA) is 58.6 Å². The summed E-state index contributed by atoms with van der Waals surface area (Å²) in [6, 6.07) is 2.31. The molecule has 1 saturated heterocycles. The number of piperidine rings is 1. The first-order valence-electron chi connectivity index (χ1n) is 9.10. The summed E-state index contributed by atoms with van der Waals surface area (Å²) in [4.78, 5) is 25.9. The molecular formula is C20H30N2O3. The molecule has 0 unspecified atom stereocenters. The molecule has 0 atom stereocenters. The van der Waals surface area contributed by atoms with Crippen LogP contribution in [-0.2, 0) is 16.0 Å². The van der Waals surface area contributed by atoms with Crippen LogP contribution in [0.15, 0.2) is 6.07 Å². The number of hydrogen-bond acceptors (Lipinski definition) is 3. The molecule has 2 amide bonds. The SMILES string of the molecule is CCOC(=O)N1CCC(NC(=O)Cc2c(C)c(C)cc(C)c2C)CC1. The van der Waals surface area contributed by atoms with Gasteiger partial charge in [-0.3, -0.25) is 4.79 Å². The minimum Gasteiger partial charge on any atom is -0.450 e. The molecule has 0 aromatic heterocycles. The van der Waals surface area contributed by atoms with Gasteiger partial charge in [-0.2, -0.15) is 0 Å². The van der Waals surface area contributed by atoms with Gasteiger partial charge in [-0.05, 0) is 75.3 Å². The number of ether oxygens (including phenoxy) is 1. The quantitative estimate of drug-likeness (QED) is 0.911. The minimum absolute atomic E-state index is 0.0609. The monoisotopic (exact) mass is 346 g/mol. The lowest BCUT2D eigenvalue weighted by Gasteiger charge is -2.31. The number of rotatable bonds is 4. The lowest BCUT2D eigenvalue weighted by Crippen LogP contribution is -2.47. The summed E-state index contributed by atoms with van der Waals surface area (Å²) in [5.74, 6) is 0.0609. The molecule has 0 saturated carbocycles. The molecule has 1 N–H and O–H groups in total. The summed E-state index contributed by atoms with van der Waals surface area (Å²) < 4.78 is 5.03. The normalized spacial score (nSPS) is 15.2. The molecule has 1 aliphatic heterocycles.